The van der Waals surface area contributed by atoms with Gasteiger partial charge in [0.2, 0.25) is 0 Å². The quantitative estimate of drug-likeness (QED) is 0.870. The van der Waals surface area contributed by atoms with E-state index in [2.05, 4.69) is 40.6 Å². The van der Waals surface area contributed by atoms with Gasteiger partial charge in [0, 0.05) is 17.9 Å². The number of nitrogens with zero attached hydrogens (tertiary/aromatic N) is 2. The lowest BCUT2D eigenvalue weighted by Gasteiger charge is -2.13. The molecule has 1 aliphatic rings. The van der Waals surface area contributed by atoms with E-state index in [1.807, 2.05) is 6.07 Å². The molecule has 18 heavy (non-hydrogen) atoms. The van der Waals surface area contributed by atoms with Crippen molar-refractivity contribution in [2.75, 3.05) is 5.32 Å². The van der Waals surface area contributed by atoms with Crippen molar-refractivity contribution in [3.05, 3.63) is 59.4 Å². The second kappa shape index (κ2) is 4.50. The summed E-state index contributed by atoms with van der Waals surface area (Å²) in [6, 6.07) is 14.7. The number of rotatable bonds is 2. The number of hydrogen-bond donors (Lipinski definition) is 1. The fraction of sp³-hybridized carbons (Fsp3) is 0.200. The van der Waals surface area contributed by atoms with E-state index in [0.717, 1.165) is 18.5 Å². The summed E-state index contributed by atoms with van der Waals surface area (Å²) >= 11 is 0. The molecule has 3 heteroatoms. The summed E-state index contributed by atoms with van der Waals surface area (Å²) < 4.78 is 0. The first-order chi connectivity index (χ1) is 8.85. The van der Waals surface area contributed by atoms with Gasteiger partial charge >= 0.3 is 0 Å². The van der Waals surface area contributed by atoms with Gasteiger partial charge in [0.15, 0.2) is 0 Å². The van der Waals surface area contributed by atoms with Crippen LogP contribution in [0.4, 0.5) is 5.69 Å². The van der Waals surface area contributed by atoms with Crippen LogP contribution in [0.2, 0.25) is 0 Å². The Bertz CT molecular complexity index is 588. The Hall–Kier alpha value is -2.34. The number of fused-ring (bicyclic) bond motifs is 1. The van der Waals surface area contributed by atoms with Gasteiger partial charge in [-0.25, -0.2) is 4.98 Å². The number of anilines is 1. The van der Waals surface area contributed by atoms with Crippen LogP contribution in [0.25, 0.3) is 0 Å². The maximum atomic E-state index is 8.82. The second-order valence-electron chi connectivity index (χ2n) is 4.56. The van der Waals surface area contributed by atoms with Gasteiger partial charge in [0.1, 0.15) is 11.8 Å². The third-order valence-corrected chi connectivity index (χ3v) is 3.30. The van der Waals surface area contributed by atoms with Crippen LogP contribution in [0.5, 0.6) is 0 Å². The molecule has 0 spiro atoms. The monoisotopic (exact) mass is 235 g/mol. The van der Waals surface area contributed by atoms with Crippen molar-refractivity contribution in [3.8, 4) is 6.07 Å². The molecule has 0 saturated carbocycles. The van der Waals surface area contributed by atoms with Crippen molar-refractivity contribution in [1.82, 2.24) is 4.98 Å². The highest BCUT2D eigenvalue weighted by molar-refractivity contribution is 5.48. The van der Waals surface area contributed by atoms with Crippen molar-refractivity contribution in [2.45, 2.75) is 18.9 Å². The minimum absolute atomic E-state index is 0.413. The highest BCUT2D eigenvalue weighted by atomic mass is 14.9. The molecule has 0 aliphatic heterocycles. The van der Waals surface area contributed by atoms with Crippen molar-refractivity contribution >= 4 is 5.69 Å². The Morgan fingerprint density at radius 1 is 1.17 bits per heavy atom. The molecule has 0 radical (unpaired) electrons. The number of nitriles is 1. The smallest absolute Gasteiger partial charge is 0.142 e. The minimum atomic E-state index is 0.413. The first-order valence-electron chi connectivity index (χ1n) is 6.04. The van der Waals surface area contributed by atoms with Crippen LogP contribution in [-0.2, 0) is 12.8 Å². The molecule has 1 heterocycles. The Kier molecular flexibility index (Phi) is 2.70. The fourth-order valence-electron chi connectivity index (χ4n) is 2.48. The van der Waals surface area contributed by atoms with Crippen molar-refractivity contribution in [1.29, 1.82) is 5.26 Å². The minimum Gasteiger partial charge on any atom is -0.382 e. The van der Waals surface area contributed by atoms with E-state index in [9.17, 15) is 0 Å². The summed E-state index contributed by atoms with van der Waals surface area (Å²) in [5.74, 6) is 0. The number of benzene rings is 1. The van der Waals surface area contributed by atoms with Crippen LogP contribution in [0, 0.1) is 11.3 Å². The molecule has 88 valence electrons. The molecule has 1 aromatic carbocycles. The predicted molar refractivity (Wildman–Crippen MR) is 70.2 cm³/mol. The van der Waals surface area contributed by atoms with Gasteiger partial charge in [0.05, 0.1) is 0 Å². The van der Waals surface area contributed by atoms with E-state index in [-0.39, 0.29) is 0 Å². The van der Waals surface area contributed by atoms with Crippen LogP contribution in [-0.4, -0.2) is 11.0 Å². The van der Waals surface area contributed by atoms with Gasteiger partial charge in [-0.1, -0.05) is 24.3 Å². The predicted octanol–water partition coefficient (Wildman–Crippen LogP) is 2.53. The normalized spacial score (nSPS) is 13.9. The Balaban J connectivity index is 1.74. The summed E-state index contributed by atoms with van der Waals surface area (Å²) in [7, 11) is 0. The Morgan fingerprint density at radius 2 is 1.89 bits per heavy atom. The molecule has 3 rings (SSSR count). The first-order valence-corrected chi connectivity index (χ1v) is 6.04. The molecule has 3 nitrogen and oxygen atoms in total. The van der Waals surface area contributed by atoms with E-state index in [1.54, 1.807) is 12.3 Å². The highest BCUT2D eigenvalue weighted by Crippen LogP contribution is 2.24. The van der Waals surface area contributed by atoms with Crippen LogP contribution in [0.3, 0.4) is 0 Å². The summed E-state index contributed by atoms with van der Waals surface area (Å²) in [6.07, 6.45) is 3.75. The van der Waals surface area contributed by atoms with Gasteiger partial charge in [-0.3, -0.25) is 0 Å². The summed E-state index contributed by atoms with van der Waals surface area (Å²) in [5, 5.41) is 12.3. The summed E-state index contributed by atoms with van der Waals surface area (Å²) in [5.41, 5.74) is 4.27. The number of aromatic nitrogens is 1. The van der Waals surface area contributed by atoms with E-state index in [1.165, 1.54) is 11.1 Å². The van der Waals surface area contributed by atoms with Crippen molar-refractivity contribution in [3.63, 3.8) is 0 Å². The van der Waals surface area contributed by atoms with Crippen LogP contribution in [0.1, 0.15) is 16.8 Å². The summed E-state index contributed by atoms with van der Waals surface area (Å²) in [6.45, 7) is 0. The molecule has 0 amide bonds. The van der Waals surface area contributed by atoms with Crippen molar-refractivity contribution < 1.29 is 0 Å². The maximum Gasteiger partial charge on any atom is 0.142 e. The molecule has 0 fully saturated rings. The molecule has 0 unspecified atom stereocenters. The zero-order valence-corrected chi connectivity index (χ0v) is 9.93. The molecule has 0 saturated heterocycles. The first kappa shape index (κ1) is 10.8. The highest BCUT2D eigenvalue weighted by Gasteiger charge is 2.20. The van der Waals surface area contributed by atoms with Gasteiger partial charge in [0.25, 0.3) is 0 Å². The molecule has 0 bridgehead atoms. The average molecular weight is 235 g/mol. The van der Waals surface area contributed by atoms with Crippen LogP contribution in [0.15, 0.2) is 42.6 Å². The number of nitrogens with one attached hydrogen (secondary N) is 1. The topological polar surface area (TPSA) is 48.7 Å². The van der Waals surface area contributed by atoms with E-state index < -0.39 is 0 Å². The van der Waals surface area contributed by atoms with Gasteiger partial charge < -0.3 is 5.32 Å². The van der Waals surface area contributed by atoms with Crippen molar-refractivity contribution in [2.24, 2.45) is 0 Å². The van der Waals surface area contributed by atoms with E-state index >= 15 is 0 Å². The lowest BCUT2D eigenvalue weighted by atomic mass is 10.1. The molecule has 0 atom stereocenters. The van der Waals surface area contributed by atoms with Crippen LogP contribution >= 0.6 is 0 Å². The Morgan fingerprint density at radius 3 is 2.56 bits per heavy atom. The molecule has 1 aromatic heterocycles. The third kappa shape index (κ3) is 2.05. The van der Waals surface area contributed by atoms with E-state index in [4.69, 9.17) is 5.26 Å². The number of hydrogen-bond acceptors (Lipinski definition) is 3. The van der Waals surface area contributed by atoms with Crippen LogP contribution < -0.4 is 5.32 Å². The van der Waals surface area contributed by atoms with Gasteiger partial charge in [-0.05, 0) is 36.1 Å². The Labute approximate surface area is 106 Å². The maximum absolute atomic E-state index is 8.82. The zero-order chi connectivity index (χ0) is 12.4. The zero-order valence-electron chi connectivity index (χ0n) is 9.93. The number of pyridine rings is 1. The third-order valence-electron chi connectivity index (χ3n) is 3.30. The molecule has 1 aliphatic carbocycles. The standard InChI is InChI=1S/C15H13N3/c16-10-15-9-13(5-6-17-15)18-14-7-11-3-1-2-4-12(11)8-14/h1-6,9,14H,7-8H2,(H,17,18). The molecule has 1 N–H and O–H groups in total. The second-order valence-corrected chi connectivity index (χ2v) is 4.56. The fourth-order valence-corrected chi connectivity index (χ4v) is 2.48. The molecule has 2 aromatic rings. The summed E-state index contributed by atoms with van der Waals surface area (Å²) in [4.78, 5) is 3.97. The van der Waals surface area contributed by atoms with Gasteiger partial charge in [-0.15, -0.1) is 0 Å². The SMILES string of the molecule is N#Cc1cc(NC2Cc3ccccc3C2)ccn1. The van der Waals surface area contributed by atoms with E-state index in [0.29, 0.717) is 11.7 Å². The largest absolute Gasteiger partial charge is 0.382 e. The molecular formula is C15H13N3. The molecular weight excluding hydrogens is 222 g/mol. The average Bonchev–Trinajstić information content (AvgIpc) is 2.81. The lowest BCUT2D eigenvalue weighted by molar-refractivity contribution is 0.774. The lowest BCUT2D eigenvalue weighted by Crippen LogP contribution is -2.19. The van der Waals surface area contributed by atoms with Gasteiger partial charge in [-0.2, -0.15) is 5.26 Å².